The van der Waals surface area contributed by atoms with Crippen LogP contribution in [0.5, 0.6) is 0 Å². The Labute approximate surface area is 182 Å². The van der Waals surface area contributed by atoms with Gasteiger partial charge in [0.05, 0.1) is 25.4 Å². The zero-order valence-corrected chi connectivity index (χ0v) is 17.4. The fourth-order valence-corrected chi connectivity index (χ4v) is 4.19. The third-order valence-electron chi connectivity index (χ3n) is 6.09. The van der Waals surface area contributed by atoms with Crippen molar-refractivity contribution in [2.75, 3.05) is 26.3 Å². The Morgan fingerprint density at radius 2 is 1.97 bits per heavy atom. The van der Waals surface area contributed by atoms with Crippen LogP contribution in [-0.4, -0.2) is 71.1 Å². The molecule has 3 fully saturated rings. The monoisotopic (exact) mass is 462 g/mol. The van der Waals surface area contributed by atoms with E-state index >= 15 is 0 Å². The Morgan fingerprint density at radius 3 is 2.53 bits per heavy atom. The van der Waals surface area contributed by atoms with E-state index in [-0.39, 0.29) is 17.4 Å². The average molecular weight is 462 g/mol. The van der Waals surface area contributed by atoms with Gasteiger partial charge < -0.3 is 19.5 Å². The van der Waals surface area contributed by atoms with Crippen LogP contribution in [0.4, 0.5) is 17.6 Å². The Bertz CT molecular complexity index is 780. The van der Waals surface area contributed by atoms with Crippen molar-refractivity contribution in [3.05, 3.63) is 30.1 Å². The summed E-state index contributed by atoms with van der Waals surface area (Å²) in [4.78, 5) is 27.3. The highest BCUT2D eigenvalue weighted by Crippen LogP contribution is 2.43. The van der Waals surface area contributed by atoms with Crippen molar-refractivity contribution < 1.29 is 41.7 Å². The number of halogens is 4. The number of likely N-dealkylation sites (tertiary alicyclic amines) is 1. The van der Waals surface area contributed by atoms with E-state index < -0.39 is 18.3 Å². The molecule has 1 amide bonds. The Balaban J connectivity index is 0.000000360. The molecule has 3 aliphatic rings. The molecule has 1 unspecified atom stereocenters. The summed E-state index contributed by atoms with van der Waals surface area (Å²) >= 11 is 0. The van der Waals surface area contributed by atoms with Crippen molar-refractivity contribution in [2.24, 2.45) is 11.8 Å². The molecule has 2 aliphatic heterocycles. The van der Waals surface area contributed by atoms with Gasteiger partial charge in [0, 0.05) is 25.3 Å². The van der Waals surface area contributed by atoms with Gasteiger partial charge in [0.2, 0.25) is 5.91 Å². The predicted octanol–water partition coefficient (Wildman–Crippen LogP) is 2.99. The van der Waals surface area contributed by atoms with Gasteiger partial charge in [-0.2, -0.15) is 13.2 Å². The van der Waals surface area contributed by atoms with E-state index in [1.165, 1.54) is 0 Å². The lowest BCUT2D eigenvalue weighted by molar-refractivity contribution is -0.192. The quantitative estimate of drug-likeness (QED) is 0.517. The topological polar surface area (TPSA) is 89.0 Å². The van der Waals surface area contributed by atoms with Gasteiger partial charge in [0.1, 0.15) is 11.8 Å². The van der Waals surface area contributed by atoms with E-state index in [1.807, 2.05) is 23.1 Å². The van der Waals surface area contributed by atoms with Crippen molar-refractivity contribution in [1.29, 1.82) is 0 Å². The Hall–Kier alpha value is -2.27. The van der Waals surface area contributed by atoms with Gasteiger partial charge in [-0.25, -0.2) is 9.18 Å². The molecule has 11 heteroatoms. The number of amides is 1. The average Bonchev–Trinajstić information content (AvgIpc) is 3.12. The highest BCUT2D eigenvalue weighted by Gasteiger charge is 2.55. The number of ether oxygens (including phenoxy) is 2. The first-order valence-electron chi connectivity index (χ1n) is 10.5. The van der Waals surface area contributed by atoms with Crippen LogP contribution >= 0.6 is 0 Å². The number of alkyl halides is 4. The van der Waals surface area contributed by atoms with Crippen molar-refractivity contribution in [2.45, 2.75) is 50.2 Å². The predicted molar refractivity (Wildman–Crippen MR) is 103 cm³/mol. The largest absolute Gasteiger partial charge is 0.490 e. The molecule has 0 radical (unpaired) electrons. The van der Waals surface area contributed by atoms with Crippen LogP contribution in [0.3, 0.4) is 0 Å². The second kappa shape index (κ2) is 10.1. The van der Waals surface area contributed by atoms with Crippen molar-refractivity contribution in [3.8, 4) is 0 Å². The number of aromatic nitrogens is 1. The molecule has 2 saturated heterocycles. The van der Waals surface area contributed by atoms with Crippen LogP contribution < -0.4 is 0 Å². The van der Waals surface area contributed by atoms with Crippen LogP contribution in [0.25, 0.3) is 0 Å². The number of aliphatic carboxylic acids is 1. The first-order valence-corrected chi connectivity index (χ1v) is 10.5. The first kappa shape index (κ1) is 24.4. The van der Waals surface area contributed by atoms with Crippen molar-refractivity contribution >= 4 is 11.9 Å². The molecule has 178 valence electrons. The molecule has 3 heterocycles. The van der Waals surface area contributed by atoms with Gasteiger partial charge in [-0.05, 0) is 43.7 Å². The lowest BCUT2D eigenvalue weighted by atomic mass is 9.76. The summed E-state index contributed by atoms with van der Waals surface area (Å²) in [5, 5.41) is 7.12. The van der Waals surface area contributed by atoms with Gasteiger partial charge in [0.15, 0.2) is 0 Å². The summed E-state index contributed by atoms with van der Waals surface area (Å²) in [6.07, 6.45) is -1.35. The normalized spacial score (nSPS) is 26.0. The number of pyridine rings is 1. The number of carbonyl (C=O) groups is 2. The zero-order valence-electron chi connectivity index (χ0n) is 17.4. The second-order valence-corrected chi connectivity index (χ2v) is 8.32. The molecular formula is C21H26F4N2O5. The SMILES string of the molecule is O=C(C1CC(F)C1)N1CC2(C1)OCCC2CCOCc1ccccn1.O=C(O)C(F)(F)F. The Morgan fingerprint density at radius 1 is 1.28 bits per heavy atom. The van der Waals surface area contributed by atoms with Crippen LogP contribution in [0.15, 0.2) is 24.4 Å². The minimum atomic E-state index is -5.08. The van der Waals surface area contributed by atoms with E-state index in [2.05, 4.69) is 4.98 Å². The highest BCUT2D eigenvalue weighted by atomic mass is 19.4. The minimum Gasteiger partial charge on any atom is -0.475 e. The zero-order chi connectivity index (χ0) is 23.4. The second-order valence-electron chi connectivity index (χ2n) is 8.32. The summed E-state index contributed by atoms with van der Waals surface area (Å²) < 4.78 is 56.4. The van der Waals surface area contributed by atoms with Crippen LogP contribution in [0.1, 0.15) is 31.4 Å². The summed E-state index contributed by atoms with van der Waals surface area (Å²) in [6, 6.07) is 5.81. The highest BCUT2D eigenvalue weighted by molar-refractivity contribution is 5.81. The van der Waals surface area contributed by atoms with Crippen molar-refractivity contribution in [1.82, 2.24) is 9.88 Å². The molecule has 4 rings (SSSR count). The van der Waals surface area contributed by atoms with E-state index in [0.717, 1.165) is 25.1 Å². The van der Waals surface area contributed by atoms with Gasteiger partial charge in [-0.15, -0.1) is 0 Å². The standard InChI is InChI=1S/C19H25FN2O3.C2HF3O2/c20-16-9-14(10-16)18(23)22-12-19(13-22)15(5-8-25-19)4-7-24-11-17-3-1-2-6-21-17;3-2(4,5)1(6)7/h1-3,6,14-16H,4-5,7-13H2;(H,6,7). The molecule has 0 aromatic carbocycles. The summed E-state index contributed by atoms with van der Waals surface area (Å²) in [5.74, 6) is -2.32. The number of carbonyl (C=O) groups excluding carboxylic acids is 1. The van der Waals surface area contributed by atoms with Gasteiger partial charge in [0.25, 0.3) is 0 Å². The number of nitrogens with zero attached hydrogens (tertiary/aromatic N) is 2. The molecule has 1 N–H and O–H groups in total. The molecule has 1 atom stereocenters. The minimum absolute atomic E-state index is 0.103. The third kappa shape index (κ3) is 5.94. The molecule has 1 spiro atoms. The number of carboxylic acids is 1. The number of carboxylic acid groups (broad SMARTS) is 1. The summed E-state index contributed by atoms with van der Waals surface area (Å²) in [6.45, 7) is 3.27. The Kier molecular flexibility index (Phi) is 7.71. The third-order valence-corrected chi connectivity index (χ3v) is 6.09. The lowest BCUT2D eigenvalue weighted by Crippen LogP contribution is -2.67. The fraction of sp³-hybridized carbons (Fsp3) is 0.667. The van der Waals surface area contributed by atoms with E-state index in [0.29, 0.717) is 45.1 Å². The van der Waals surface area contributed by atoms with Crippen LogP contribution in [0, 0.1) is 11.8 Å². The smallest absolute Gasteiger partial charge is 0.475 e. The molecule has 1 aliphatic carbocycles. The fourth-order valence-electron chi connectivity index (χ4n) is 4.19. The molecule has 7 nitrogen and oxygen atoms in total. The van der Waals surface area contributed by atoms with E-state index in [1.54, 1.807) is 6.20 Å². The van der Waals surface area contributed by atoms with Crippen LogP contribution in [-0.2, 0) is 25.7 Å². The van der Waals surface area contributed by atoms with E-state index in [9.17, 15) is 22.4 Å². The van der Waals surface area contributed by atoms with Crippen LogP contribution in [0.2, 0.25) is 0 Å². The maximum absolute atomic E-state index is 13.0. The molecular weight excluding hydrogens is 436 g/mol. The van der Waals surface area contributed by atoms with Crippen molar-refractivity contribution in [3.63, 3.8) is 0 Å². The molecule has 32 heavy (non-hydrogen) atoms. The number of hydrogen-bond acceptors (Lipinski definition) is 5. The molecule has 1 aromatic rings. The lowest BCUT2D eigenvalue weighted by Gasteiger charge is -2.52. The van der Waals surface area contributed by atoms with Gasteiger partial charge >= 0.3 is 12.1 Å². The number of rotatable bonds is 6. The van der Waals surface area contributed by atoms with Gasteiger partial charge in [-0.1, -0.05) is 6.07 Å². The number of hydrogen-bond donors (Lipinski definition) is 1. The maximum atomic E-state index is 13.0. The summed E-state index contributed by atoms with van der Waals surface area (Å²) in [5.41, 5.74) is 0.745. The van der Waals surface area contributed by atoms with E-state index in [4.69, 9.17) is 19.4 Å². The first-order chi connectivity index (χ1) is 15.1. The molecule has 0 bridgehead atoms. The summed E-state index contributed by atoms with van der Waals surface area (Å²) in [7, 11) is 0. The van der Waals surface area contributed by atoms with Gasteiger partial charge in [-0.3, -0.25) is 9.78 Å². The molecule has 1 aromatic heterocycles. The maximum Gasteiger partial charge on any atom is 0.490 e. The molecule has 1 saturated carbocycles.